The van der Waals surface area contributed by atoms with E-state index in [1.165, 1.54) is 17.4 Å². The van der Waals surface area contributed by atoms with Crippen LogP contribution in [0.5, 0.6) is 0 Å². The first kappa shape index (κ1) is 14.5. The number of halogens is 1. The van der Waals surface area contributed by atoms with E-state index in [4.69, 9.17) is 21.6 Å². The van der Waals surface area contributed by atoms with E-state index in [-0.39, 0.29) is 0 Å². The van der Waals surface area contributed by atoms with E-state index < -0.39 is 18.5 Å². The van der Waals surface area contributed by atoms with Crippen molar-refractivity contribution in [1.82, 2.24) is 0 Å². The fourth-order valence-electron chi connectivity index (χ4n) is 1.28. The third-order valence-electron chi connectivity index (χ3n) is 2.15. The molecule has 0 aliphatic carbocycles. The summed E-state index contributed by atoms with van der Waals surface area (Å²) in [5, 5.41) is 13.4. The van der Waals surface area contributed by atoms with Gasteiger partial charge in [-0.3, -0.25) is 4.79 Å². The first-order valence-electron chi connectivity index (χ1n) is 5.30. The molecule has 0 atom stereocenters. The number of thiophene rings is 2. The van der Waals surface area contributed by atoms with Gasteiger partial charge in [-0.05, 0) is 23.6 Å². The molecule has 0 fully saturated rings. The first-order valence-corrected chi connectivity index (χ1v) is 7.37. The number of carbonyl (C=O) groups is 2. The normalized spacial score (nSPS) is 9.80. The molecule has 0 radical (unpaired) electrons. The lowest BCUT2D eigenvalue weighted by atomic mass is 10.3. The average molecular weight is 327 g/mol. The van der Waals surface area contributed by atoms with Gasteiger partial charge in [0, 0.05) is 0 Å². The van der Waals surface area contributed by atoms with Crippen LogP contribution in [0.4, 0.5) is 5.00 Å². The molecule has 0 unspecified atom stereocenters. The van der Waals surface area contributed by atoms with Crippen molar-refractivity contribution in [2.24, 2.45) is 0 Å². The molecule has 8 heteroatoms. The van der Waals surface area contributed by atoms with Gasteiger partial charge in [0.15, 0.2) is 6.61 Å². The average Bonchev–Trinajstić information content (AvgIpc) is 3.04. The van der Waals surface area contributed by atoms with Crippen molar-refractivity contribution >= 4 is 51.2 Å². The smallest absolute Gasteiger partial charge is 0.348 e. The van der Waals surface area contributed by atoms with E-state index in [1.807, 2.05) is 6.07 Å². The minimum absolute atomic E-state index is 0.330. The number of hydrogen-bond donors (Lipinski definition) is 1. The maximum atomic E-state index is 11.6. The number of nitrogens with one attached hydrogen (secondary N) is 1. The minimum Gasteiger partial charge on any atom is -0.451 e. The quantitative estimate of drug-likeness (QED) is 0.875. The molecule has 0 spiro atoms. The van der Waals surface area contributed by atoms with Gasteiger partial charge < -0.3 is 10.1 Å². The van der Waals surface area contributed by atoms with Crippen LogP contribution in [0.25, 0.3) is 0 Å². The summed E-state index contributed by atoms with van der Waals surface area (Å²) in [6.07, 6.45) is 0. The highest BCUT2D eigenvalue weighted by Crippen LogP contribution is 2.23. The van der Waals surface area contributed by atoms with Crippen LogP contribution in [0.15, 0.2) is 23.6 Å². The topological polar surface area (TPSA) is 79.2 Å². The Labute approximate surface area is 127 Å². The Balaban J connectivity index is 1.87. The SMILES string of the molecule is N#Cc1ccsc1NC(=O)COC(=O)c1ccc(Cl)s1. The van der Waals surface area contributed by atoms with Gasteiger partial charge in [0.2, 0.25) is 0 Å². The molecule has 5 nitrogen and oxygen atoms in total. The second kappa shape index (κ2) is 6.52. The highest BCUT2D eigenvalue weighted by molar-refractivity contribution is 7.17. The van der Waals surface area contributed by atoms with Gasteiger partial charge in [0.25, 0.3) is 5.91 Å². The molecule has 2 rings (SSSR count). The Morgan fingerprint density at radius 1 is 1.40 bits per heavy atom. The van der Waals surface area contributed by atoms with Crippen LogP contribution in [0.2, 0.25) is 4.34 Å². The highest BCUT2D eigenvalue weighted by atomic mass is 35.5. The number of ether oxygens (including phenoxy) is 1. The molecule has 2 aromatic rings. The maximum absolute atomic E-state index is 11.6. The molecule has 0 aromatic carbocycles. The molecule has 1 amide bonds. The van der Waals surface area contributed by atoms with Crippen LogP contribution in [0.1, 0.15) is 15.2 Å². The van der Waals surface area contributed by atoms with Gasteiger partial charge in [-0.15, -0.1) is 22.7 Å². The van der Waals surface area contributed by atoms with Crippen LogP contribution >= 0.6 is 34.3 Å². The van der Waals surface area contributed by atoms with Gasteiger partial charge in [-0.25, -0.2) is 4.79 Å². The fourth-order valence-corrected chi connectivity index (χ4v) is 2.97. The van der Waals surface area contributed by atoms with E-state index in [2.05, 4.69) is 5.32 Å². The van der Waals surface area contributed by atoms with E-state index in [9.17, 15) is 9.59 Å². The van der Waals surface area contributed by atoms with Crippen LogP contribution in [-0.2, 0) is 9.53 Å². The Hall–Kier alpha value is -1.88. The number of esters is 1. The van der Waals surface area contributed by atoms with Crippen LogP contribution < -0.4 is 5.32 Å². The third-order valence-corrected chi connectivity index (χ3v) is 4.19. The van der Waals surface area contributed by atoms with Crippen LogP contribution in [0.3, 0.4) is 0 Å². The van der Waals surface area contributed by atoms with Crippen molar-refractivity contribution in [2.75, 3.05) is 11.9 Å². The predicted octanol–water partition coefficient (Wildman–Crippen LogP) is 3.13. The van der Waals surface area contributed by atoms with Crippen LogP contribution in [0, 0.1) is 11.3 Å². The van der Waals surface area contributed by atoms with Gasteiger partial charge in [0.05, 0.1) is 9.90 Å². The van der Waals surface area contributed by atoms with E-state index in [0.717, 1.165) is 11.3 Å². The van der Waals surface area contributed by atoms with Crippen LogP contribution in [-0.4, -0.2) is 18.5 Å². The summed E-state index contributed by atoms with van der Waals surface area (Å²) in [5.74, 6) is -1.11. The number of rotatable bonds is 4. The number of nitriles is 1. The molecule has 0 aliphatic rings. The monoisotopic (exact) mass is 326 g/mol. The maximum Gasteiger partial charge on any atom is 0.348 e. The molecule has 0 aliphatic heterocycles. The predicted molar refractivity (Wildman–Crippen MR) is 77.3 cm³/mol. The van der Waals surface area contributed by atoms with Gasteiger partial charge in [-0.2, -0.15) is 5.26 Å². The summed E-state index contributed by atoms with van der Waals surface area (Å²) < 4.78 is 5.32. The molecular weight excluding hydrogens is 320 g/mol. The van der Waals surface area contributed by atoms with E-state index >= 15 is 0 Å². The molecule has 1 N–H and O–H groups in total. The summed E-state index contributed by atoms with van der Waals surface area (Å²) in [7, 11) is 0. The molecule has 2 aromatic heterocycles. The Kier molecular flexibility index (Phi) is 4.74. The first-order chi connectivity index (χ1) is 9.60. The molecular formula is C12H7ClN2O3S2. The van der Waals surface area contributed by atoms with Crippen molar-refractivity contribution in [2.45, 2.75) is 0 Å². The lowest BCUT2D eigenvalue weighted by molar-refractivity contribution is -0.119. The van der Waals surface area contributed by atoms with Crippen molar-refractivity contribution in [3.05, 3.63) is 38.4 Å². The lowest BCUT2D eigenvalue weighted by Gasteiger charge is -2.04. The number of carbonyl (C=O) groups excluding carboxylic acids is 2. The van der Waals surface area contributed by atoms with Gasteiger partial charge >= 0.3 is 5.97 Å². The fraction of sp³-hybridized carbons (Fsp3) is 0.0833. The number of anilines is 1. The van der Waals surface area contributed by atoms with Crippen molar-refractivity contribution in [1.29, 1.82) is 5.26 Å². The van der Waals surface area contributed by atoms with Gasteiger partial charge in [0.1, 0.15) is 15.9 Å². The Morgan fingerprint density at radius 3 is 2.85 bits per heavy atom. The number of nitrogens with zero attached hydrogens (tertiary/aromatic N) is 1. The molecule has 0 bridgehead atoms. The molecule has 20 heavy (non-hydrogen) atoms. The molecule has 102 valence electrons. The Bertz CT molecular complexity index is 687. The standard InChI is InChI=1S/C12H7ClN2O3S2/c13-9-2-1-8(20-9)12(17)18-6-10(16)15-11-7(5-14)3-4-19-11/h1-4H,6H2,(H,15,16). The second-order valence-electron chi connectivity index (χ2n) is 3.50. The zero-order valence-corrected chi connectivity index (χ0v) is 12.3. The summed E-state index contributed by atoms with van der Waals surface area (Å²) in [5.41, 5.74) is 0.375. The summed E-state index contributed by atoms with van der Waals surface area (Å²) in [6.45, 7) is -0.420. The van der Waals surface area contributed by atoms with E-state index in [0.29, 0.717) is 19.8 Å². The summed E-state index contributed by atoms with van der Waals surface area (Å²) in [6, 6.07) is 6.65. The zero-order valence-electron chi connectivity index (χ0n) is 9.88. The summed E-state index contributed by atoms with van der Waals surface area (Å²) >= 11 is 8.00. The second-order valence-corrected chi connectivity index (χ2v) is 6.13. The highest BCUT2D eigenvalue weighted by Gasteiger charge is 2.13. The zero-order chi connectivity index (χ0) is 14.5. The van der Waals surface area contributed by atoms with Crippen molar-refractivity contribution < 1.29 is 14.3 Å². The third kappa shape index (κ3) is 3.57. The largest absolute Gasteiger partial charge is 0.451 e. The molecule has 0 saturated heterocycles. The molecule has 2 heterocycles. The number of hydrogen-bond acceptors (Lipinski definition) is 6. The minimum atomic E-state index is -0.608. The summed E-state index contributed by atoms with van der Waals surface area (Å²) in [4.78, 5) is 23.5. The number of amides is 1. The lowest BCUT2D eigenvalue weighted by Crippen LogP contribution is -2.20. The van der Waals surface area contributed by atoms with Crippen molar-refractivity contribution in [3.8, 4) is 6.07 Å². The van der Waals surface area contributed by atoms with Gasteiger partial charge in [-0.1, -0.05) is 11.6 Å². The van der Waals surface area contributed by atoms with Crippen molar-refractivity contribution in [3.63, 3.8) is 0 Å². The Morgan fingerprint density at radius 2 is 2.20 bits per heavy atom. The van der Waals surface area contributed by atoms with E-state index in [1.54, 1.807) is 17.5 Å². The molecule has 0 saturated carbocycles.